The lowest BCUT2D eigenvalue weighted by Gasteiger charge is -2.27. The fourth-order valence-corrected chi connectivity index (χ4v) is 2.20. The number of hydrogen-bond donors (Lipinski definition) is 0. The van der Waals surface area contributed by atoms with E-state index in [0.717, 1.165) is 6.42 Å². The summed E-state index contributed by atoms with van der Waals surface area (Å²) >= 11 is 0. The Morgan fingerprint density at radius 1 is 1.50 bits per heavy atom. The van der Waals surface area contributed by atoms with Crippen LogP contribution in [0.5, 0.6) is 0 Å². The van der Waals surface area contributed by atoms with Crippen LogP contribution in [0, 0.1) is 5.92 Å². The van der Waals surface area contributed by atoms with Gasteiger partial charge in [-0.2, -0.15) is 0 Å². The number of fused-ring (bicyclic) bond motifs is 2. The van der Waals surface area contributed by atoms with E-state index >= 15 is 0 Å². The molecular formula is C12H18O4. The normalized spacial score (nSPS) is 32.1. The molecule has 0 amide bonds. The van der Waals surface area contributed by atoms with E-state index in [1.165, 1.54) is 0 Å². The third kappa shape index (κ3) is 2.28. The van der Waals surface area contributed by atoms with Crippen molar-refractivity contribution in [3.63, 3.8) is 0 Å². The quantitative estimate of drug-likeness (QED) is 0.415. The molecule has 0 spiro atoms. The number of ether oxygens (including phenoxy) is 3. The van der Waals surface area contributed by atoms with Crippen molar-refractivity contribution in [2.45, 2.75) is 45.2 Å². The Bertz CT molecular complexity index is 308. The summed E-state index contributed by atoms with van der Waals surface area (Å²) in [6, 6.07) is 0. The number of hydrogen-bond acceptors (Lipinski definition) is 4. The number of esters is 1. The van der Waals surface area contributed by atoms with E-state index in [4.69, 9.17) is 14.2 Å². The van der Waals surface area contributed by atoms with E-state index in [1.807, 2.05) is 19.1 Å². The summed E-state index contributed by atoms with van der Waals surface area (Å²) in [5.74, 6) is -1.25. The van der Waals surface area contributed by atoms with Crippen LogP contribution in [-0.2, 0) is 19.0 Å². The van der Waals surface area contributed by atoms with E-state index < -0.39 is 5.79 Å². The predicted molar refractivity (Wildman–Crippen MR) is 57.7 cm³/mol. The average Bonchev–Trinajstić information content (AvgIpc) is 2.77. The molecule has 3 unspecified atom stereocenters. The van der Waals surface area contributed by atoms with Gasteiger partial charge < -0.3 is 14.2 Å². The van der Waals surface area contributed by atoms with Crippen molar-refractivity contribution in [1.82, 2.24) is 0 Å². The van der Waals surface area contributed by atoms with Gasteiger partial charge in [0.1, 0.15) is 0 Å². The zero-order valence-electron chi connectivity index (χ0n) is 9.93. The van der Waals surface area contributed by atoms with Gasteiger partial charge in [-0.15, -0.1) is 0 Å². The van der Waals surface area contributed by atoms with Crippen molar-refractivity contribution in [3.8, 4) is 0 Å². The minimum Gasteiger partial charge on any atom is -0.433 e. The van der Waals surface area contributed by atoms with Gasteiger partial charge in [0, 0.05) is 20.5 Å². The predicted octanol–water partition coefficient (Wildman–Crippen LogP) is 1.65. The highest BCUT2D eigenvalue weighted by molar-refractivity contribution is 5.74. The second kappa shape index (κ2) is 4.18. The van der Waals surface area contributed by atoms with Crippen LogP contribution in [0.1, 0.15) is 27.2 Å². The molecule has 2 bridgehead atoms. The van der Waals surface area contributed by atoms with Gasteiger partial charge in [-0.25, -0.2) is 0 Å². The third-order valence-corrected chi connectivity index (χ3v) is 2.87. The minimum atomic E-state index is -0.850. The van der Waals surface area contributed by atoms with Crippen molar-refractivity contribution in [1.29, 1.82) is 0 Å². The van der Waals surface area contributed by atoms with Crippen LogP contribution in [0.2, 0.25) is 0 Å². The largest absolute Gasteiger partial charge is 0.433 e. The Balaban J connectivity index is 1.91. The van der Waals surface area contributed by atoms with E-state index in [-0.39, 0.29) is 24.1 Å². The smallest absolute Gasteiger partial charge is 0.314 e. The van der Waals surface area contributed by atoms with Gasteiger partial charge in [0.2, 0.25) is 5.79 Å². The van der Waals surface area contributed by atoms with Gasteiger partial charge >= 0.3 is 5.97 Å². The Morgan fingerprint density at radius 3 is 2.75 bits per heavy atom. The van der Waals surface area contributed by atoms with Gasteiger partial charge in [-0.1, -0.05) is 12.2 Å². The van der Waals surface area contributed by atoms with Crippen LogP contribution in [0.3, 0.4) is 0 Å². The molecular weight excluding hydrogens is 208 g/mol. The van der Waals surface area contributed by atoms with E-state index in [1.54, 1.807) is 13.8 Å². The number of carbonyl (C=O) groups is 1. The number of carbonyl (C=O) groups excluding carboxylic acids is 1. The Hall–Kier alpha value is -0.870. The van der Waals surface area contributed by atoms with Crippen molar-refractivity contribution in [2.24, 2.45) is 5.92 Å². The highest BCUT2D eigenvalue weighted by Crippen LogP contribution is 2.35. The van der Waals surface area contributed by atoms with Gasteiger partial charge in [-0.05, 0) is 13.3 Å². The van der Waals surface area contributed by atoms with Gasteiger partial charge in [0.25, 0.3) is 0 Å². The number of rotatable bonds is 4. The molecule has 0 aromatic heterocycles. The van der Waals surface area contributed by atoms with Gasteiger partial charge in [0.15, 0.2) is 0 Å². The molecule has 90 valence electrons. The van der Waals surface area contributed by atoms with Crippen molar-refractivity contribution in [2.75, 3.05) is 6.61 Å². The molecule has 0 saturated carbocycles. The molecule has 2 rings (SSSR count). The summed E-state index contributed by atoms with van der Waals surface area (Å²) in [6.07, 6.45) is 4.66. The van der Waals surface area contributed by atoms with Crippen molar-refractivity contribution >= 4 is 5.97 Å². The summed E-state index contributed by atoms with van der Waals surface area (Å²) in [5, 5.41) is 0. The lowest BCUT2D eigenvalue weighted by atomic mass is 9.94. The van der Waals surface area contributed by atoms with Gasteiger partial charge in [0.05, 0.1) is 18.1 Å². The standard InChI is InChI=1S/C12H18O4/c1-4-14-12(2,3)16-11(13)9-7-8-5-6-10(9)15-8/h5-6,8-10H,4,7H2,1-3H3. The molecule has 0 N–H and O–H groups in total. The molecule has 1 fully saturated rings. The zero-order chi connectivity index (χ0) is 11.8. The fraction of sp³-hybridized carbons (Fsp3) is 0.750. The summed E-state index contributed by atoms with van der Waals surface area (Å²) in [4.78, 5) is 11.9. The zero-order valence-corrected chi connectivity index (χ0v) is 9.93. The van der Waals surface area contributed by atoms with E-state index in [2.05, 4.69) is 0 Å². The van der Waals surface area contributed by atoms with E-state index in [9.17, 15) is 4.79 Å². The lowest BCUT2D eigenvalue weighted by Crippen LogP contribution is -2.36. The summed E-state index contributed by atoms with van der Waals surface area (Å²) < 4.78 is 16.2. The van der Waals surface area contributed by atoms with Crippen LogP contribution in [0.15, 0.2) is 12.2 Å². The monoisotopic (exact) mass is 226 g/mol. The second-order valence-electron chi connectivity index (χ2n) is 4.62. The summed E-state index contributed by atoms with van der Waals surface area (Å²) in [6.45, 7) is 5.89. The van der Waals surface area contributed by atoms with Crippen molar-refractivity contribution < 1.29 is 19.0 Å². The Morgan fingerprint density at radius 2 is 2.25 bits per heavy atom. The Kier molecular flexibility index (Phi) is 3.04. The molecule has 1 saturated heterocycles. The average molecular weight is 226 g/mol. The molecule has 0 aromatic rings. The minimum absolute atomic E-state index is 0.0951. The fourth-order valence-electron chi connectivity index (χ4n) is 2.20. The molecule has 16 heavy (non-hydrogen) atoms. The SMILES string of the molecule is CCOC(C)(C)OC(=O)C1CC2C=CC1O2. The molecule has 3 atom stereocenters. The molecule has 2 aliphatic rings. The van der Waals surface area contributed by atoms with E-state index in [0.29, 0.717) is 6.61 Å². The van der Waals surface area contributed by atoms with Crippen LogP contribution in [0.4, 0.5) is 0 Å². The summed E-state index contributed by atoms with van der Waals surface area (Å²) in [7, 11) is 0. The van der Waals surface area contributed by atoms with Gasteiger partial charge in [-0.3, -0.25) is 4.79 Å². The van der Waals surface area contributed by atoms with Crippen LogP contribution in [-0.4, -0.2) is 30.6 Å². The van der Waals surface area contributed by atoms with Crippen LogP contribution in [0.25, 0.3) is 0 Å². The topological polar surface area (TPSA) is 44.8 Å². The highest BCUT2D eigenvalue weighted by atomic mass is 16.7. The highest BCUT2D eigenvalue weighted by Gasteiger charge is 2.43. The Labute approximate surface area is 95.6 Å². The molecule has 0 aliphatic carbocycles. The first-order chi connectivity index (χ1) is 7.52. The molecule has 2 aliphatic heterocycles. The molecule has 2 heterocycles. The first-order valence-corrected chi connectivity index (χ1v) is 5.72. The van der Waals surface area contributed by atoms with Crippen LogP contribution < -0.4 is 0 Å². The summed E-state index contributed by atoms with van der Waals surface area (Å²) in [5.41, 5.74) is 0. The molecule has 4 nitrogen and oxygen atoms in total. The maximum Gasteiger partial charge on any atom is 0.314 e. The second-order valence-corrected chi connectivity index (χ2v) is 4.62. The van der Waals surface area contributed by atoms with Crippen molar-refractivity contribution in [3.05, 3.63) is 12.2 Å². The lowest BCUT2D eigenvalue weighted by molar-refractivity contribution is -0.218. The first kappa shape index (κ1) is 11.6. The molecule has 0 aromatic carbocycles. The first-order valence-electron chi connectivity index (χ1n) is 5.72. The van der Waals surface area contributed by atoms with Crippen LogP contribution >= 0.6 is 0 Å². The molecule has 0 radical (unpaired) electrons. The maximum atomic E-state index is 11.9. The molecule has 4 heteroatoms. The maximum absolute atomic E-state index is 11.9. The third-order valence-electron chi connectivity index (χ3n) is 2.87.